The zero-order valence-corrected chi connectivity index (χ0v) is 19.6. The molecule has 4 rings (SSSR count). The van der Waals surface area contributed by atoms with Crippen molar-refractivity contribution < 1.29 is 14.3 Å². The van der Waals surface area contributed by atoms with Crippen LogP contribution in [0.1, 0.15) is 34.3 Å². The summed E-state index contributed by atoms with van der Waals surface area (Å²) in [6, 6.07) is 21.5. The zero-order chi connectivity index (χ0) is 22.5. The Labute approximate surface area is 195 Å². The second kappa shape index (κ2) is 9.92. The van der Waals surface area contributed by atoms with E-state index in [4.69, 9.17) is 9.47 Å². The first-order chi connectivity index (χ1) is 15.6. The van der Waals surface area contributed by atoms with E-state index in [0.29, 0.717) is 30.2 Å². The van der Waals surface area contributed by atoms with Crippen LogP contribution in [0.2, 0.25) is 0 Å². The average Bonchev–Trinajstić information content (AvgIpc) is 3.24. The zero-order valence-electron chi connectivity index (χ0n) is 18.0. The van der Waals surface area contributed by atoms with E-state index in [0.717, 1.165) is 26.5 Å². The first kappa shape index (κ1) is 22.0. The maximum atomic E-state index is 12.9. The molecule has 0 aliphatic carbocycles. The third kappa shape index (κ3) is 4.50. The summed E-state index contributed by atoms with van der Waals surface area (Å²) in [5.74, 6) is 1.17. The van der Waals surface area contributed by atoms with E-state index in [1.54, 1.807) is 13.2 Å². The lowest BCUT2D eigenvalue weighted by molar-refractivity contribution is 0.0951. The summed E-state index contributed by atoms with van der Waals surface area (Å²) >= 11 is 3.47. The molecule has 164 valence electrons. The minimum atomic E-state index is -0.125. The van der Waals surface area contributed by atoms with Crippen molar-refractivity contribution >= 4 is 32.7 Å². The number of aromatic amines is 1. The molecule has 0 saturated carbocycles. The average molecular weight is 493 g/mol. The van der Waals surface area contributed by atoms with Crippen LogP contribution in [0.25, 0.3) is 10.9 Å². The van der Waals surface area contributed by atoms with Crippen LogP contribution >= 0.6 is 15.9 Å². The van der Waals surface area contributed by atoms with Gasteiger partial charge in [-0.15, -0.1) is 0 Å². The van der Waals surface area contributed by atoms with Crippen LogP contribution in [0, 0.1) is 0 Å². The number of ether oxygens (including phenoxy) is 2. The van der Waals surface area contributed by atoms with Crippen molar-refractivity contribution in [2.24, 2.45) is 0 Å². The van der Waals surface area contributed by atoms with Crippen molar-refractivity contribution in [3.63, 3.8) is 0 Å². The molecule has 1 heterocycles. The topological polar surface area (TPSA) is 63.3 Å². The van der Waals surface area contributed by atoms with E-state index in [1.165, 1.54) is 0 Å². The number of carbonyl (C=O) groups is 1. The lowest BCUT2D eigenvalue weighted by Crippen LogP contribution is -2.29. The summed E-state index contributed by atoms with van der Waals surface area (Å²) < 4.78 is 12.0. The minimum absolute atomic E-state index is 0.0813. The number of H-pyrrole nitrogens is 1. The van der Waals surface area contributed by atoms with E-state index in [9.17, 15) is 4.79 Å². The van der Waals surface area contributed by atoms with Crippen molar-refractivity contribution in [1.29, 1.82) is 0 Å². The van der Waals surface area contributed by atoms with Gasteiger partial charge in [0.15, 0.2) is 11.5 Å². The minimum Gasteiger partial charge on any atom is -0.493 e. The number of hydrogen-bond acceptors (Lipinski definition) is 3. The second-order valence-electron chi connectivity index (χ2n) is 7.38. The Balaban J connectivity index is 1.71. The largest absolute Gasteiger partial charge is 0.493 e. The Morgan fingerprint density at radius 2 is 1.84 bits per heavy atom. The van der Waals surface area contributed by atoms with Gasteiger partial charge in [0, 0.05) is 34.0 Å². The predicted octanol–water partition coefficient (Wildman–Crippen LogP) is 5.90. The van der Waals surface area contributed by atoms with E-state index in [2.05, 4.69) is 32.3 Å². The van der Waals surface area contributed by atoms with Gasteiger partial charge in [-0.2, -0.15) is 0 Å². The number of para-hydroxylation sites is 1. The van der Waals surface area contributed by atoms with Gasteiger partial charge in [-0.3, -0.25) is 4.79 Å². The van der Waals surface area contributed by atoms with Crippen LogP contribution < -0.4 is 14.8 Å². The molecule has 1 atom stereocenters. The van der Waals surface area contributed by atoms with Crippen LogP contribution in [0.15, 0.2) is 77.4 Å². The smallest absolute Gasteiger partial charge is 0.252 e. The maximum Gasteiger partial charge on any atom is 0.252 e. The molecule has 0 spiro atoms. The molecule has 2 N–H and O–H groups in total. The molecule has 0 fully saturated rings. The number of methoxy groups -OCH3 is 1. The van der Waals surface area contributed by atoms with Gasteiger partial charge < -0.3 is 19.8 Å². The van der Waals surface area contributed by atoms with Gasteiger partial charge in [-0.25, -0.2) is 0 Å². The van der Waals surface area contributed by atoms with Crippen molar-refractivity contribution in [2.45, 2.75) is 12.8 Å². The van der Waals surface area contributed by atoms with E-state index >= 15 is 0 Å². The summed E-state index contributed by atoms with van der Waals surface area (Å²) in [7, 11) is 1.64. The SMILES string of the molecule is CCOc1ccc([C@@H](CNC(=O)c2ccccc2Br)c2c[nH]c3ccccc23)cc1OC. The Morgan fingerprint density at radius 1 is 1.06 bits per heavy atom. The fraction of sp³-hybridized carbons (Fsp3) is 0.192. The molecule has 0 aliphatic heterocycles. The molecule has 32 heavy (non-hydrogen) atoms. The van der Waals surface area contributed by atoms with Gasteiger partial charge in [0.05, 0.1) is 19.3 Å². The molecule has 5 nitrogen and oxygen atoms in total. The lowest BCUT2D eigenvalue weighted by Gasteiger charge is -2.20. The molecule has 6 heteroatoms. The van der Waals surface area contributed by atoms with Crippen molar-refractivity contribution in [2.75, 3.05) is 20.3 Å². The summed E-state index contributed by atoms with van der Waals surface area (Å²) in [6.45, 7) is 2.93. The highest BCUT2D eigenvalue weighted by molar-refractivity contribution is 9.10. The summed E-state index contributed by atoms with van der Waals surface area (Å²) in [5, 5.41) is 4.24. The van der Waals surface area contributed by atoms with Crippen molar-refractivity contribution in [1.82, 2.24) is 10.3 Å². The number of nitrogens with one attached hydrogen (secondary N) is 2. The van der Waals surface area contributed by atoms with Crippen LogP contribution in [0.3, 0.4) is 0 Å². The highest BCUT2D eigenvalue weighted by Crippen LogP contribution is 2.36. The number of carbonyl (C=O) groups excluding carboxylic acids is 1. The van der Waals surface area contributed by atoms with E-state index in [-0.39, 0.29) is 11.8 Å². The van der Waals surface area contributed by atoms with E-state index < -0.39 is 0 Å². The predicted molar refractivity (Wildman–Crippen MR) is 131 cm³/mol. The van der Waals surface area contributed by atoms with Gasteiger partial charge in [0.1, 0.15) is 0 Å². The molecule has 0 bridgehead atoms. The second-order valence-corrected chi connectivity index (χ2v) is 8.23. The number of rotatable bonds is 8. The van der Waals surface area contributed by atoms with Crippen LogP contribution in [-0.2, 0) is 0 Å². The van der Waals surface area contributed by atoms with Crippen molar-refractivity contribution in [3.05, 3.63) is 94.1 Å². The summed E-state index contributed by atoms with van der Waals surface area (Å²) in [4.78, 5) is 16.3. The molecule has 0 aliphatic rings. The van der Waals surface area contributed by atoms with Gasteiger partial charge in [-0.1, -0.05) is 36.4 Å². The van der Waals surface area contributed by atoms with Gasteiger partial charge >= 0.3 is 0 Å². The third-order valence-corrected chi connectivity index (χ3v) is 6.16. The van der Waals surface area contributed by atoms with Gasteiger partial charge in [0.2, 0.25) is 0 Å². The first-order valence-electron chi connectivity index (χ1n) is 10.5. The summed E-state index contributed by atoms with van der Waals surface area (Å²) in [6.07, 6.45) is 2.02. The Morgan fingerprint density at radius 3 is 2.62 bits per heavy atom. The molecule has 0 saturated heterocycles. The standard InChI is InChI=1S/C26H25BrN2O3/c1-3-32-24-13-12-17(14-25(24)31-2)20(21-16-28-23-11-7-5-8-18(21)23)15-29-26(30)19-9-4-6-10-22(19)27/h4-14,16,20,28H,3,15H2,1-2H3,(H,29,30)/t20-/m1/s1. The lowest BCUT2D eigenvalue weighted by atomic mass is 9.90. The number of benzene rings is 3. The molecular weight excluding hydrogens is 468 g/mol. The molecule has 1 amide bonds. The molecule has 0 unspecified atom stereocenters. The molecule has 1 aromatic heterocycles. The molecule has 3 aromatic carbocycles. The highest BCUT2D eigenvalue weighted by atomic mass is 79.9. The molecule has 4 aromatic rings. The number of fused-ring (bicyclic) bond motifs is 1. The normalized spacial score (nSPS) is 11.8. The Bertz CT molecular complexity index is 1230. The third-order valence-electron chi connectivity index (χ3n) is 5.47. The summed E-state index contributed by atoms with van der Waals surface area (Å²) in [5.41, 5.74) is 3.80. The van der Waals surface area contributed by atoms with Gasteiger partial charge in [0.25, 0.3) is 5.91 Å². The maximum absolute atomic E-state index is 12.9. The van der Waals surface area contributed by atoms with Crippen molar-refractivity contribution in [3.8, 4) is 11.5 Å². The fourth-order valence-corrected chi connectivity index (χ4v) is 4.37. The molecule has 0 radical (unpaired) electrons. The van der Waals surface area contributed by atoms with E-state index in [1.807, 2.05) is 67.7 Å². The molecular formula is C26H25BrN2O3. The quantitative estimate of drug-likeness (QED) is 0.321. The van der Waals surface area contributed by atoms with Crippen LogP contribution in [-0.4, -0.2) is 31.2 Å². The first-order valence-corrected chi connectivity index (χ1v) is 11.3. The monoisotopic (exact) mass is 492 g/mol. The number of hydrogen-bond donors (Lipinski definition) is 2. The fourth-order valence-electron chi connectivity index (χ4n) is 3.90. The Kier molecular flexibility index (Phi) is 6.81. The van der Waals surface area contributed by atoms with Gasteiger partial charge in [-0.05, 0) is 64.3 Å². The number of halogens is 1. The Hall–Kier alpha value is -3.25. The van der Waals surface area contributed by atoms with Crippen LogP contribution in [0.4, 0.5) is 0 Å². The number of aromatic nitrogens is 1. The van der Waals surface area contributed by atoms with Crippen LogP contribution in [0.5, 0.6) is 11.5 Å². The number of amides is 1. The highest BCUT2D eigenvalue weighted by Gasteiger charge is 2.21.